The second-order valence-corrected chi connectivity index (χ2v) is 3.26. The molecule has 2 aromatic rings. The van der Waals surface area contributed by atoms with Crippen molar-refractivity contribution in [2.75, 3.05) is 0 Å². The molecule has 0 radical (unpaired) electrons. The molecule has 2 rings (SSSR count). The van der Waals surface area contributed by atoms with Crippen LogP contribution in [0.4, 0.5) is 0 Å². The topological polar surface area (TPSA) is 91.9 Å². The third-order valence-electron chi connectivity index (χ3n) is 2.08. The Morgan fingerprint density at radius 1 is 1.25 bits per heavy atom. The summed E-state index contributed by atoms with van der Waals surface area (Å²) < 4.78 is 0. The van der Waals surface area contributed by atoms with E-state index in [4.69, 9.17) is 11.1 Å². The van der Waals surface area contributed by atoms with E-state index < -0.39 is 5.91 Å². The van der Waals surface area contributed by atoms with Crippen LogP contribution >= 0.6 is 0 Å². The molecule has 0 aliphatic heterocycles. The van der Waals surface area contributed by atoms with Gasteiger partial charge in [-0.3, -0.25) is 15.5 Å². The third kappa shape index (κ3) is 1.98. The number of nitrogens with two attached hydrogens (primary N) is 1. The number of nitrogens with zero attached hydrogens (tertiary/aromatic N) is 1. The smallest absolute Gasteiger partial charge is 0.276 e. The van der Waals surface area contributed by atoms with Crippen LogP contribution < -0.4 is 11.1 Å². The molecule has 0 spiro atoms. The van der Waals surface area contributed by atoms with E-state index in [2.05, 4.69) is 10.3 Å². The molecule has 1 heterocycles. The summed E-state index contributed by atoms with van der Waals surface area (Å²) in [5, 5.41) is 10.1. The molecule has 5 heteroatoms. The van der Waals surface area contributed by atoms with Crippen LogP contribution in [0.2, 0.25) is 0 Å². The molecule has 0 aliphatic rings. The lowest BCUT2D eigenvalue weighted by molar-refractivity contribution is 0.0972. The zero-order chi connectivity index (χ0) is 11.5. The fraction of sp³-hybridized carbons (Fsp3) is 0. The predicted molar refractivity (Wildman–Crippen MR) is 61.1 cm³/mol. The number of hydrogen-bond acceptors (Lipinski definition) is 3. The van der Waals surface area contributed by atoms with Gasteiger partial charge in [0.15, 0.2) is 5.96 Å². The molecular weight excluding hydrogens is 204 g/mol. The SMILES string of the molecule is N=C(N)NC(=O)c1ccc2ccccc2n1. The summed E-state index contributed by atoms with van der Waals surface area (Å²) in [4.78, 5) is 15.7. The molecule has 5 nitrogen and oxygen atoms in total. The third-order valence-corrected chi connectivity index (χ3v) is 2.08. The van der Waals surface area contributed by atoms with Crippen molar-refractivity contribution in [3.05, 3.63) is 42.1 Å². The summed E-state index contributed by atoms with van der Waals surface area (Å²) in [6.07, 6.45) is 0. The number of benzene rings is 1. The number of para-hydroxylation sites is 1. The van der Waals surface area contributed by atoms with E-state index in [0.29, 0.717) is 0 Å². The molecule has 0 saturated heterocycles. The van der Waals surface area contributed by atoms with Crippen LogP contribution in [-0.2, 0) is 0 Å². The maximum absolute atomic E-state index is 11.5. The van der Waals surface area contributed by atoms with Gasteiger partial charge in [0.1, 0.15) is 5.69 Å². The Morgan fingerprint density at radius 3 is 2.75 bits per heavy atom. The first-order chi connectivity index (χ1) is 7.66. The molecule has 4 N–H and O–H groups in total. The van der Waals surface area contributed by atoms with Crippen molar-refractivity contribution in [1.82, 2.24) is 10.3 Å². The van der Waals surface area contributed by atoms with Crippen LogP contribution in [0.3, 0.4) is 0 Å². The Labute approximate surface area is 91.8 Å². The average molecular weight is 214 g/mol. The van der Waals surface area contributed by atoms with E-state index >= 15 is 0 Å². The highest BCUT2D eigenvalue weighted by Crippen LogP contribution is 2.11. The van der Waals surface area contributed by atoms with E-state index in [0.717, 1.165) is 10.9 Å². The van der Waals surface area contributed by atoms with Gasteiger partial charge in [-0.25, -0.2) is 4.98 Å². The van der Waals surface area contributed by atoms with Crippen LogP contribution in [-0.4, -0.2) is 16.9 Å². The highest BCUT2D eigenvalue weighted by molar-refractivity contribution is 6.04. The minimum atomic E-state index is -0.474. The van der Waals surface area contributed by atoms with Gasteiger partial charge < -0.3 is 5.73 Å². The second kappa shape index (κ2) is 3.98. The minimum Gasteiger partial charge on any atom is -0.370 e. The molecule has 0 saturated carbocycles. The van der Waals surface area contributed by atoms with Gasteiger partial charge in [0, 0.05) is 5.39 Å². The molecule has 1 aromatic heterocycles. The number of rotatable bonds is 1. The first kappa shape index (κ1) is 10.1. The van der Waals surface area contributed by atoms with Gasteiger partial charge in [0.05, 0.1) is 5.52 Å². The lowest BCUT2D eigenvalue weighted by atomic mass is 10.2. The number of nitrogens with one attached hydrogen (secondary N) is 2. The fourth-order valence-electron chi connectivity index (χ4n) is 1.38. The summed E-state index contributed by atoms with van der Waals surface area (Å²) in [5.41, 5.74) is 6.05. The first-order valence-electron chi connectivity index (χ1n) is 4.68. The minimum absolute atomic E-state index is 0.244. The van der Waals surface area contributed by atoms with E-state index in [1.807, 2.05) is 24.3 Å². The second-order valence-electron chi connectivity index (χ2n) is 3.26. The average Bonchev–Trinajstić information content (AvgIpc) is 2.27. The molecule has 0 unspecified atom stereocenters. The number of carbonyl (C=O) groups excluding carboxylic acids is 1. The highest BCUT2D eigenvalue weighted by atomic mass is 16.2. The number of carbonyl (C=O) groups is 1. The van der Waals surface area contributed by atoms with E-state index in [9.17, 15) is 4.79 Å². The molecular formula is C11H10N4O. The number of amides is 1. The number of fused-ring (bicyclic) bond motifs is 1. The van der Waals surface area contributed by atoms with Crippen molar-refractivity contribution < 1.29 is 4.79 Å². The van der Waals surface area contributed by atoms with Crippen molar-refractivity contribution in [3.8, 4) is 0 Å². The van der Waals surface area contributed by atoms with Crippen LogP contribution in [0.15, 0.2) is 36.4 Å². The monoisotopic (exact) mass is 214 g/mol. The van der Waals surface area contributed by atoms with Gasteiger partial charge in [0.2, 0.25) is 0 Å². The van der Waals surface area contributed by atoms with Gasteiger partial charge in [-0.05, 0) is 12.1 Å². The van der Waals surface area contributed by atoms with Crippen molar-refractivity contribution in [1.29, 1.82) is 5.41 Å². The lowest BCUT2D eigenvalue weighted by Crippen LogP contribution is -2.36. The number of hydrogen-bond donors (Lipinski definition) is 3. The van der Waals surface area contributed by atoms with Gasteiger partial charge in [-0.2, -0.15) is 0 Å². The van der Waals surface area contributed by atoms with Crippen LogP contribution in [0.25, 0.3) is 10.9 Å². The van der Waals surface area contributed by atoms with Crippen LogP contribution in [0, 0.1) is 5.41 Å². The largest absolute Gasteiger partial charge is 0.370 e. The van der Waals surface area contributed by atoms with E-state index in [-0.39, 0.29) is 11.7 Å². The van der Waals surface area contributed by atoms with Crippen molar-refractivity contribution in [2.24, 2.45) is 5.73 Å². The summed E-state index contributed by atoms with van der Waals surface area (Å²) in [5.74, 6) is -0.863. The molecule has 0 fully saturated rings. The molecule has 80 valence electrons. The summed E-state index contributed by atoms with van der Waals surface area (Å²) in [7, 11) is 0. The normalized spacial score (nSPS) is 10.0. The standard InChI is InChI=1S/C11H10N4O/c12-11(13)15-10(16)9-6-5-7-3-1-2-4-8(7)14-9/h1-6H,(H4,12,13,15,16). The Morgan fingerprint density at radius 2 is 2.00 bits per heavy atom. The van der Waals surface area contributed by atoms with E-state index in [1.165, 1.54) is 0 Å². The maximum Gasteiger partial charge on any atom is 0.276 e. The first-order valence-corrected chi connectivity index (χ1v) is 4.68. The van der Waals surface area contributed by atoms with Gasteiger partial charge in [-0.15, -0.1) is 0 Å². The van der Waals surface area contributed by atoms with Gasteiger partial charge >= 0.3 is 0 Å². The maximum atomic E-state index is 11.5. The van der Waals surface area contributed by atoms with Crippen LogP contribution in [0.5, 0.6) is 0 Å². The Balaban J connectivity index is 2.39. The van der Waals surface area contributed by atoms with E-state index in [1.54, 1.807) is 12.1 Å². The van der Waals surface area contributed by atoms with Crippen molar-refractivity contribution >= 4 is 22.8 Å². The predicted octanol–water partition coefficient (Wildman–Crippen LogP) is 0.858. The highest BCUT2D eigenvalue weighted by Gasteiger charge is 2.08. The summed E-state index contributed by atoms with van der Waals surface area (Å²) in [6, 6.07) is 10.9. The number of aromatic nitrogens is 1. The van der Waals surface area contributed by atoms with Gasteiger partial charge in [0.25, 0.3) is 5.91 Å². The zero-order valence-electron chi connectivity index (χ0n) is 8.40. The van der Waals surface area contributed by atoms with Gasteiger partial charge in [-0.1, -0.05) is 24.3 Å². The van der Waals surface area contributed by atoms with Crippen LogP contribution in [0.1, 0.15) is 10.5 Å². The van der Waals surface area contributed by atoms with Crippen molar-refractivity contribution in [2.45, 2.75) is 0 Å². The van der Waals surface area contributed by atoms with Crippen molar-refractivity contribution in [3.63, 3.8) is 0 Å². The molecule has 16 heavy (non-hydrogen) atoms. The molecule has 1 amide bonds. The quantitative estimate of drug-likeness (QED) is 0.485. The molecule has 0 aliphatic carbocycles. The fourth-order valence-corrected chi connectivity index (χ4v) is 1.38. The zero-order valence-corrected chi connectivity index (χ0v) is 8.40. The number of guanidine groups is 1. The molecule has 1 aromatic carbocycles. The molecule has 0 atom stereocenters. The Bertz CT molecular complexity index is 565. The summed E-state index contributed by atoms with van der Waals surface area (Å²) >= 11 is 0. The Hall–Kier alpha value is -2.43. The molecule has 0 bridgehead atoms. The lowest BCUT2D eigenvalue weighted by Gasteiger charge is -2.03. The summed E-state index contributed by atoms with van der Waals surface area (Å²) in [6.45, 7) is 0. The Kier molecular flexibility index (Phi) is 2.51. The number of pyridine rings is 1.